The molecule has 112 valence electrons. The Kier molecular flexibility index (Phi) is 4.94. The molecular formula is C15H17NO5. The maximum atomic E-state index is 12.0. The van der Waals surface area contributed by atoms with Gasteiger partial charge in [-0.1, -0.05) is 12.1 Å². The van der Waals surface area contributed by atoms with E-state index in [2.05, 4.69) is 5.32 Å². The molecule has 21 heavy (non-hydrogen) atoms. The van der Waals surface area contributed by atoms with Gasteiger partial charge < -0.3 is 19.2 Å². The lowest BCUT2D eigenvalue weighted by Crippen LogP contribution is -2.29. The fraction of sp³-hybridized carbons (Fsp3) is 0.333. The highest BCUT2D eigenvalue weighted by molar-refractivity contribution is 5.97. The van der Waals surface area contributed by atoms with Crippen molar-refractivity contribution in [1.82, 2.24) is 5.32 Å². The first-order valence-corrected chi connectivity index (χ1v) is 6.55. The van der Waals surface area contributed by atoms with Gasteiger partial charge in [-0.05, 0) is 18.6 Å². The minimum Gasteiger partial charge on any atom is -0.493 e. The molecule has 1 aromatic carbocycles. The topological polar surface area (TPSA) is 77.8 Å². The van der Waals surface area contributed by atoms with Crippen LogP contribution in [0.2, 0.25) is 0 Å². The quantitative estimate of drug-likeness (QED) is 0.645. The maximum absolute atomic E-state index is 12.0. The number of fused-ring (bicyclic) bond motifs is 1. The summed E-state index contributed by atoms with van der Waals surface area (Å²) in [4.78, 5) is 23.9. The molecule has 0 aliphatic rings. The second-order valence-electron chi connectivity index (χ2n) is 4.43. The van der Waals surface area contributed by atoms with Crippen molar-refractivity contribution in [3.8, 4) is 5.75 Å². The Morgan fingerprint density at radius 2 is 2.14 bits per heavy atom. The summed E-state index contributed by atoms with van der Waals surface area (Å²) in [5.41, 5.74) is -0.370. The highest BCUT2D eigenvalue weighted by Gasteiger charge is 2.14. The molecule has 0 atom stereocenters. The van der Waals surface area contributed by atoms with Crippen LogP contribution in [0.5, 0.6) is 5.75 Å². The van der Waals surface area contributed by atoms with Crippen LogP contribution in [0.1, 0.15) is 16.8 Å². The predicted molar refractivity (Wildman–Crippen MR) is 77.9 cm³/mol. The second kappa shape index (κ2) is 6.90. The van der Waals surface area contributed by atoms with Crippen molar-refractivity contribution in [2.24, 2.45) is 0 Å². The molecule has 0 bridgehead atoms. The van der Waals surface area contributed by atoms with E-state index in [0.29, 0.717) is 36.3 Å². The highest BCUT2D eigenvalue weighted by atomic mass is 16.5. The Hall–Kier alpha value is -2.34. The fourth-order valence-corrected chi connectivity index (χ4v) is 1.95. The molecule has 0 unspecified atom stereocenters. The SMILES string of the molecule is COCCCNC(=O)c1cc2cccc(OC)c2oc1=O. The van der Waals surface area contributed by atoms with Crippen LogP contribution in [0.15, 0.2) is 33.5 Å². The lowest BCUT2D eigenvalue weighted by molar-refractivity contribution is 0.0945. The Labute approximate surface area is 121 Å². The Morgan fingerprint density at radius 1 is 1.33 bits per heavy atom. The van der Waals surface area contributed by atoms with Crippen LogP contribution in [0, 0.1) is 0 Å². The van der Waals surface area contributed by atoms with Crippen LogP contribution in [0.25, 0.3) is 11.0 Å². The lowest BCUT2D eigenvalue weighted by Gasteiger charge is -2.06. The molecule has 1 amide bonds. The number of hydrogen-bond acceptors (Lipinski definition) is 5. The van der Waals surface area contributed by atoms with E-state index < -0.39 is 11.5 Å². The van der Waals surface area contributed by atoms with E-state index in [4.69, 9.17) is 13.9 Å². The van der Waals surface area contributed by atoms with Crippen molar-refractivity contribution < 1.29 is 18.7 Å². The molecule has 0 aliphatic heterocycles. The standard InChI is InChI=1S/C15H17NO5/c1-19-8-4-7-16-14(17)11-9-10-5-3-6-12(20-2)13(10)21-15(11)18/h3,5-6,9H,4,7-8H2,1-2H3,(H,16,17). The number of carbonyl (C=O) groups excluding carboxylic acids is 1. The van der Waals surface area contributed by atoms with Crippen molar-refractivity contribution in [3.63, 3.8) is 0 Å². The van der Waals surface area contributed by atoms with Gasteiger partial charge in [0.05, 0.1) is 7.11 Å². The molecule has 0 saturated carbocycles. The third-order valence-corrected chi connectivity index (χ3v) is 3.00. The van der Waals surface area contributed by atoms with Gasteiger partial charge in [0.25, 0.3) is 5.91 Å². The summed E-state index contributed by atoms with van der Waals surface area (Å²) in [6.07, 6.45) is 0.676. The summed E-state index contributed by atoms with van der Waals surface area (Å²) in [5, 5.41) is 3.29. The monoisotopic (exact) mass is 291 g/mol. The summed E-state index contributed by atoms with van der Waals surface area (Å²) < 4.78 is 15.2. The Bertz CT molecular complexity index is 692. The van der Waals surface area contributed by atoms with E-state index in [1.165, 1.54) is 13.2 Å². The summed E-state index contributed by atoms with van der Waals surface area (Å²) in [7, 11) is 3.08. The average Bonchev–Trinajstić information content (AvgIpc) is 2.50. The molecule has 0 fully saturated rings. The summed E-state index contributed by atoms with van der Waals surface area (Å²) in [6.45, 7) is 0.978. The van der Waals surface area contributed by atoms with E-state index >= 15 is 0 Å². The zero-order valence-corrected chi connectivity index (χ0v) is 12.0. The van der Waals surface area contributed by atoms with Gasteiger partial charge in [0.15, 0.2) is 11.3 Å². The Morgan fingerprint density at radius 3 is 2.86 bits per heavy atom. The van der Waals surface area contributed by atoms with Crippen LogP contribution >= 0.6 is 0 Å². The molecule has 2 rings (SSSR count). The number of benzene rings is 1. The first-order chi connectivity index (χ1) is 10.2. The number of hydrogen-bond donors (Lipinski definition) is 1. The highest BCUT2D eigenvalue weighted by Crippen LogP contribution is 2.24. The van der Waals surface area contributed by atoms with Gasteiger partial charge >= 0.3 is 5.63 Å². The zero-order valence-electron chi connectivity index (χ0n) is 12.0. The van der Waals surface area contributed by atoms with Gasteiger partial charge in [0, 0.05) is 25.6 Å². The normalized spacial score (nSPS) is 10.6. The van der Waals surface area contributed by atoms with Crippen LogP contribution in [0.3, 0.4) is 0 Å². The molecule has 2 aromatic rings. The smallest absolute Gasteiger partial charge is 0.349 e. The summed E-state index contributed by atoms with van der Waals surface area (Å²) >= 11 is 0. The third kappa shape index (κ3) is 3.41. The van der Waals surface area contributed by atoms with Crippen molar-refractivity contribution in [2.75, 3.05) is 27.4 Å². The van der Waals surface area contributed by atoms with Gasteiger partial charge in [-0.25, -0.2) is 4.79 Å². The van der Waals surface area contributed by atoms with Crippen LogP contribution in [-0.4, -0.2) is 33.3 Å². The number of nitrogens with one attached hydrogen (secondary N) is 1. The molecule has 1 N–H and O–H groups in total. The van der Waals surface area contributed by atoms with E-state index in [-0.39, 0.29) is 5.56 Å². The minimum absolute atomic E-state index is 0.0202. The average molecular weight is 291 g/mol. The largest absolute Gasteiger partial charge is 0.493 e. The molecular weight excluding hydrogens is 274 g/mol. The van der Waals surface area contributed by atoms with Gasteiger partial charge in [-0.15, -0.1) is 0 Å². The van der Waals surface area contributed by atoms with Gasteiger partial charge in [-0.2, -0.15) is 0 Å². The third-order valence-electron chi connectivity index (χ3n) is 3.00. The van der Waals surface area contributed by atoms with E-state index in [9.17, 15) is 9.59 Å². The summed E-state index contributed by atoms with van der Waals surface area (Å²) in [5.74, 6) is 0.00113. The van der Waals surface area contributed by atoms with Crippen LogP contribution < -0.4 is 15.7 Å². The number of methoxy groups -OCH3 is 2. The first kappa shape index (κ1) is 15.1. The van der Waals surface area contributed by atoms with Crippen molar-refractivity contribution >= 4 is 16.9 Å². The number of para-hydroxylation sites is 1. The van der Waals surface area contributed by atoms with Gasteiger partial charge in [0.1, 0.15) is 5.56 Å². The van der Waals surface area contributed by atoms with Crippen molar-refractivity contribution in [2.45, 2.75) is 6.42 Å². The van der Waals surface area contributed by atoms with Crippen molar-refractivity contribution in [1.29, 1.82) is 0 Å². The molecule has 6 nitrogen and oxygen atoms in total. The minimum atomic E-state index is -0.684. The fourth-order valence-electron chi connectivity index (χ4n) is 1.95. The molecule has 1 heterocycles. The van der Waals surface area contributed by atoms with Crippen LogP contribution in [-0.2, 0) is 4.74 Å². The van der Waals surface area contributed by atoms with Gasteiger partial charge in [-0.3, -0.25) is 4.79 Å². The number of carbonyl (C=O) groups is 1. The molecule has 0 saturated heterocycles. The van der Waals surface area contributed by atoms with E-state index in [1.54, 1.807) is 25.3 Å². The van der Waals surface area contributed by atoms with E-state index in [1.807, 2.05) is 0 Å². The summed E-state index contributed by atoms with van der Waals surface area (Å²) in [6, 6.07) is 6.72. The first-order valence-electron chi connectivity index (χ1n) is 6.55. The van der Waals surface area contributed by atoms with Crippen LogP contribution in [0.4, 0.5) is 0 Å². The molecule has 0 spiro atoms. The number of ether oxygens (including phenoxy) is 2. The predicted octanol–water partition coefficient (Wildman–Crippen LogP) is 1.57. The van der Waals surface area contributed by atoms with Crippen molar-refractivity contribution in [3.05, 3.63) is 40.2 Å². The molecule has 1 aromatic heterocycles. The van der Waals surface area contributed by atoms with E-state index in [0.717, 1.165) is 0 Å². The molecule has 6 heteroatoms. The second-order valence-corrected chi connectivity index (χ2v) is 4.43. The lowest BCUT2D eigenvalue weighted by atomic mass is 10.1. The molecule has 0 aliphatic carbocycles. The maximum Gasteiger partial charge on any atom is 0.349 e. The number of amides is 1. The number of rotatable bonds is 6. The Balaban J connectivity index is 2.27. The van der Waals surface area contributed by atoms with Gasteiger partial charge in [0.2, 0.25) is 0 Å². The zero-order chi connectivity index (χ0) is 15.2. The molecule has 0 radical (unpaired) electrons.